The van der Waals surface area contributed by atoms with Crippen molar-refractivity contribution in [2.75, 3.05) is 11.9 Å². The highest BCUT2D eigenvalue weighted by Gasteiger charge is 2.29. The van der Waals surface area contributed by atoms with Crippen molar-refractivity contribution in [2.24, 2.45) is 0 Å². The zero-order chi connectivity index (χ0) is 17.3. The molecule has 2 aromatic rings. The van der Waals surface area contributed by atoms with E-state index < -0.39 is 0 Å². The van der Waals surface area contributed by atoms with E-state index >= 15 is 0 Å². The van der Waals surface area contributed by atoms with Crippen molar-refractivity contribution in [2.45, 2.75) is 31.4 Å². The molecule has 0 saturated heterocycles. The lowest BCUT2D eigenvalue weighted by molar-refractivity contribution is 0.231. The second-order valence-corrected chi connectivity index (χ2v) is 7.39. The fourth-order valence-corrected chi connectivity index (χ4v) is 3.66. The Bertz CT molecular complexity index is 749. The molecule has 0 fully saturated rings. The maximum absolute atomic E-state index is 12.7. The van der Waals surface area contributed by atoms with Crippen molar-refractivity contribution in [1.29, 1.82) is 0 Å². The number of amides is 2. The average Bonchev–Trinajstić information content (AvgIpc) is 2.54. The molecule has 126 valence electrons. The highest BCUT2D eigenvalue weighted by Crippen LogP contribution is 2.40. The van der Waals surface area contributed by atoms with Gasteiger partial charge >= 0.3 is 6.03 Å². The summed E-state index contributed by atoms with van der Waals surface area (Å²) in [6.45, 7) is 4.49. The number of ether oxygens (including phenoxy) is 1. The molecule has 0 aliphatic carbocycles. The molecule has 6 heteroatoms. The number of fused-ring (bicyclic) bond motifs is 1. The lowest BCUT2D eigenvalue weighted by Crippen LogP contribution is -2.40. The fraction of sp³-hybridized carbons (Fsp3) is 0.278. The van der Waals surface area contributed by atoms with E-state index in [1.54, 1.807) is 16.3 Å². The fourth-order valence-electron chi connectivity index (χ4n) is 2.47. The van der Waals surface area contributed by atoms with E-state index in [0.29, 0.717) is 11.6 Å². The van der Waals surface area contributed by atoms with E-state index in [1.807, 2.05) is 56.3 Å². The molecule has 0 N–H and O–H groups in total. The zero-order valence-electron chi connectivity index (χ0n) is 13.8. The number of carbonyl (C=O) groups excluding carboxylic acids is 1. The first kappa shape index (κ1) is 17.0. The Morgan fingerprint density at radius 1 is 1.17 bits per heavy atom. The lowest BCUT2D eigenvalue weighted by Gasteiger charge is -2.34. The third kappa shape index (κ3) is 3.62. The van der Waals surface area contributed by atoms with Crippen LogP contribution in [0.15, 0.2) is 47.4 Å². The SMILES string of the molecule is CC(C)Oc1ccc2c(c1)N(C)C(=O)N(Cc1ccc(Cl)cc1)S2. The molecule has 0 saturated carbocycles. The number of hydrogen-bond donors (Lipinski definition) is 0. The van der Waals surface area contributed by atoms with Crippen molar-refractivity contribution in [3.63, 3.8) is 0 Å². The van der Waals surface area contributed by atoms with Gasteiger partial charge in [0, 0.05) is 18.1 Å². The van der Waals surface area contributed by atoms with Gasteiger partial charge in [0.25, 0.3) is 0 Å². The second kappa shape index (κ2) is 6.95. The van der Waals surface area contributed by atoms with Gasteiger partial charge in [-0.05, 0) is 55.6 Å². The zero-order valence-corrected chi connectivity index (χ0v) is 15.4. The Kier molecular flexibility index (Phi) is 4.92. The summed E-state index contributed by atoms with van der Waals surface area (Å²) in [7, 11) is 1.79. The number of urea groups is 1. The maximum Gasteiger partial charge on any atom is 0.334 e. The quantitative estimate of drug-likeness (QED) is 0.700. The van der Waals surface area contributed by atoms with E-state index in [-0.39, 0.29) is 12.1 Å². The van der Waals surface area contributed by atoms with Crippen LogP contribution < -0.4 is 9.64 Å². The van der Waals surface area contributed by atoms with Gasteiger partial charge in [-0.1, -0.05) is 23.7 Å². The van der Waals surface area contributed by atoms with E-state index in [0.717, 1.165) is 21.9 Å². The summed E-state index contributed by atoms with van der Waals surface area (Å²) in [6, 6.07) is 13.3. The minimum Gasteiger partial charge on any atom is -0.491 e. The minimum atomic E-state index is -0.0517. The van der Waals surface area contributed by atoms with Crippen LogP contribution in [0.3, 0.4) is 0 Å². The molecule has 1 aliphatic rings. The highest BCUT2D eigenvalue weighted by molar-refractivity contribution is 7.97. The lowest BCUT2D eigenvalue weighted by atomic mass is 10.2. The number of carbonyl (C=O) groups is 1. The van der Waals surface area contributed by atoms with Gasteiger partial charge in [0.15, 0.2) is 0 Å². The monoisotopic (exact) mass is 362 g/mol. The van der Waals surface area contributed by atoms with Crippen molar-refractivity contribution in [3.05, 3.63) is 53.1 Å². The van der Waals surface area contributed by atoms with E-state index in [4.69, 9.17) is 16.3 Å². The van der Waals surface area contributed by atoms with Crippen LogP contribution in [-0.2, 0) is 6.54 Å². The van der Waals surface area contributed by atoms with Gasteiger partial charge in [-0.25, -0.2) is 4.79 Å². The Balaban J connectivity index is 1.82. The van der Waals surface area contributed by atoms with E-state index in [1.165, 1.54) is 11.9 Å². The van der Waals surface area contributed by atoms with Gasteiger partial charge in [0.1, 0.15) is 5.75 Å². The van der Waals surface area contributed by atoms with Crippen LogP contribution in [0, 0.1) is 0 Å². The topological polar surface area (TPSA) is 32.8 Å². The summed E-state index contributed by atoms with van der Waals surface area (Å²) < 4.78 is 7.47. The number of nitrogens with zero attached hydrogens (tertiary/aromatic N) is 2. The second-order valence-electron chi connectivity index (χ2n) is 5.89. The van der Waals surface area contributed by atoms with E-state index in [9.17, 15) is 4.79 Å². The third-order valence-electron chi connectivity index (χ3n) is 3.61. The molecule has 2 aromatic carbocycles. The summed E-state index contributed by atoms with van der Waals surface area (Å²) in [6.07, 6.45) is 0.0988. The Morgan fingerprint density at radius 3 is 2.54 bits per heavy atom. The Labute approximate surface area is 151 Å². The van der Waals surface area contributed by atoms with Gasteiger partial charge in [0.2, 0.25) is 0 Å². The summed E-state index contributed by atoms with van der Waals surface area (Å²) in [5, 5.41) is 0.691. The van der Waals surface area contributed by atoms with Gasteiger partial charge in [-0.2, -0.15) is 0 Å². The number of benzene rings is 2. The summed E-state index contributed by atoms with van der Waals surface area (Å²) in [4.78, 5) is 15.3. The van der Waals surface area contributed by atoms with Crippen LogP contribution in [0.25, 0.3) is 0 Å². The minimum absolute atomic E-state index is 0.0517. The first-order chi connectivity index (χ1) is 11.4. The van der Waals surface area contributed by atoms with Crippen LogP contribution in [0.1, 0.15) is 19.4 Å². The smallest absolute Gasteiger partial charge is 0.334 e. The predicted octanol–water partition coefficient (Wildman–Crippen LogP) is 5.21. The van der Waals surface area contributed by atoms with Gasteiger partial charge < -0.3 is 4.74 Å². The predicted molar refractivity (Wildman–Crippen MR) is 98.9 cm³/mol. The van der Waals surface area contributed by atoms with E-state index in [2.05, 4.69) is 0 Å². The summed E-state index contributed by atoms with van der Waals surface area (Å²) >= 11 is 7.37. The van der Waals surface area contributed by atoms with Crippen LogP contribution in [0.4, 0.5) is 10.5 Å². The molecule has 0 atom stereocenters. The summed E-state index contributed by atoms with van der Waals surface area (Å²) in [5.74, 6) is 0.773. The number of hydrogen-bond acceptors (Lipinski definition) is 3. The molecule has 0 spiro atoms. The van der Waals surface area contributed by atoms with Crippen LogP contribution in [0.5, 0.6) is 5.75 Å². The molecule has 0 unspecified atom stereocenters. The van der Waals surface area contributed by atoms with Crippen LogP contribution in [-0.4, -0.2) is 23.5 Å². The largest absolute Gasteiger partial charge is 0.491 e. The van der Waals surface area contributed by atoms with Crippen molar-refractivity contribution < 1.29 is 9.53 Å². The average molecular weight is 363 g/mol. The van der Waals surface area contributed by atoms with Gasteiger partial charge in [-0.3, -0.25) is 9.21 Å². The van der Waals surface area contributed by atoms with Gasteiger partial charge in [-0.15, -0.1) is 0 Å². The molecule has 2 amide bonds. The maximum atomic E-state index is 12.7. The number of anilines is 1. The Hall–Kier alpha value is -1.85. The normalized spacial score (nSPS) is 14.1. The number of rotatable bonds is 4. The molecule has 0 aromatic heterocycles. The van der Waals surface area contributed by atoms with Gasteiger partial charge in [0.05, 0.1) is 23.2 Å². The first-order valence-corrected chi connectivity index (χ1v) is 8.87. The molecule has 1 heterocycles. The van der Waals surface area contributed by atoms with Crippen LogP contribution in [0.2, 0.25) is 5.02 Å². The molecule has 4 nitrogen and oxygen atoms in total. The molecular formula is C18H19ClN2O2S. The molecule has 1 aliphatic heterocycles. The van der Waals surface area contributed by atoms with Crippen molar-refractivity contribution in [1.82, 2.24) is 4.31 Å². The first-order valence-electron chi connectivity index (χ1n) is 7.72. The summed E-state index contributed by atoms with van der Waals surface area (Å²) in [5.41, 5.74) is 1.91. The number of halogens is 1. The third-order valence-corrected chi connectivity index (χ3v) is 4.91. The standard InChI is InChI=1S/C18H19ClN2O2S/c1-12(2)23-15-8-9-17-16(10-15)20(3)18(22)21(24-17)11-13-4-6-14(19)7-5-13/h4-10,12H,11H2,1-3H3. The molecule has 24 heavy (non-hydrogen) atoms. The molecule has 3 rings (SSSR count). The molecular weight excluding hydrogens is 344 g/mol. The highest BCUT2D eigenvalue weighted by atomic mass is 35.5. The van der Waals surface area contributed by atoms with Crippen molar-refractivity contribution in [3.8, 4) is 5.75 Å². The van der Waals surface area contributed by atoms with Crippen LogP contribution >= 0.6 is 23.5 Å². The Morgan fingerprint density at radius 2 is 1.88 bits per heavy atom. The van der Waals surface area contributed by atoms with Crippen molar-refractivity contribution >= 4 is 35.3 Å². The molecule has 0 bridgehead atoms. The molecule has 0 radical (unpaired) electrons.